The van der Waals surface area contributed by atoms with Crippen LogP contribution < -0.4 is 0 Å². The lowest BCUT2D eigenvalue weighted by atomic mass is 10.0. The molecule has 0 fully saturated rings. The van der Waals surface area contributed by atoms with Gasteiger partial charge in [0.15, 0.2) is 0 Å². The lowest BCUT2D eigenvalue weighted by molar-refractivity contribution is -0.121. The highest BCUT2D eigenvalue weighted by atomic mass is 16.1. The van der Waals surface area contributed by atoms with Crippen molar-refractivity contribution in [3.8, 4) is 0 Å². The van der Waals surface area contributed by atoms with Crippen molar-refractivity contribution < 1.29 is 4.79 Å². The maximum Gasteiger partial charge on any atom is 0.135 e. The molecule has 0 saturated heterocycles. The predicted molar refractivity (Wildman–Crippen MR) is 67.0 cm³/mol. The molecule has 0 aromatic rings. The van der Waals surface area contributed by atoms with Crippen LogP contribution in [0.1, 0.15) is 65.7 Å². The largest absolute Gasteiger partial charge is 0.299 e. The molecular weight excluding hydrogens is 184 g/mol. The molecule has 0 aliphatic heterocycles. The average molecular weight is 210 g/mol. The highest BCUT2D eigenvalue weighted by Gasteiger charge is 2.04. The summed E-state index contributed by atoms with van der Waals surface area (Å²) in [6, 6.07) is 0. The van der Waals surface area contributed by atoms with E-state index in [0.29, 0.717) is 5.78 Å². The molecule has 0 heterocycles. The van der Waals surface area contributed by atoms with Gasteiger partial charge in [-0.25, -0.2) is 0 Å². The van der Waals surface area contributed by atoms with Crippen molar-refractivity contribution in [1.29, 1.82) is 0 Å². The summed E-state index contributed by atoms with van der Waals surface area (Å²) in [5, 5.41) is 0. The predicted octanol–water partition coefficient (Wildman–Crippen LogP) is 4.52. The van der Waals surface area contributed by atoms with Gasteiger partial charge in [-0.3, -0.25) is 4.79 Å². The van der Waals surface area contributed by atoms with Crippen molar-refractivity contribution in [3.05, 3.63) is 12.2 Å². The number of allylic oxidation sites excluding steroid dienone is 2. The van der Waals surface area contributed by atoms with E-state index in [2.05, 4.69) is 19.1 Å². The van der Waals surface area contributed by atoms with Crippen LogP contribution in [-0.2, 0) is 4.79 Å². The van der Waals surface area contributed by atoms with Crippen molar-refractivity contribution in [3.63, 3.8) is 0 Å². The summed E-state index contributed by atoms with van der Waals surface area (Å²) in [6.07, 6.45) is 12.4. The molecule has 0 saturated carbocycles. The zero-order valence-electron chi connectivity index (χ0n) is 10.6. The van der Waals surface area contributed by atoms with Crippen molar-refractivity contribution >= 4 is 5.78 Å². The Morgan fingerprint density at radius 3 is 2.20 bits per heavy atom. The second-order valence-electron chi connectivity index (χ2n) is 4.48. The normalized spacial score (nSPS) is 11.5. The molecule has 88 valence electrons. The molecule has 0 amide bonds. The maximum atomic E-state index is 11.3. The van der Waals surface area contributed by atoms with E-state index in [1.165, 1.54) is 25.7 Å². The van der Waals surface area contributed by atoms with Crippen molar-refractivity contribution in [2.45, 2.75) is 65.7 Å². The number of carbonyl (C=O) groups is 1. The summed E-state index contributed by atoms with van der Waals surface area (Å²) < 4.78 is 0. The van der Waals surface area contributed by atoms with Crippen LogP contribution in [0, 0.1) is 5.92 Å². The summed E-state index contributed by atoms with van der Waals surface area (Å²) in [5.41, 5.74) is 0. The third-order valence-electron chi connectivity index (χ3n) is 2.58. The van der Waals surface area contributed by atoms with E-state index in [1.54, 1.807) is 0 Å². The zero-order chi connectivity index (χ0) is 11.5. The molecule has 0 radical (unpaired) electrons. The zero-order valence-corrected chi connectivity index (χ0v) is 10.6. The molecule has 0 rings (SSSR count). The van der Waals surface area contributed by atoms with Gasteiger partial charge in [0.05, 0.1) is 0 Å². The van der Waals surface area contributed by atoms with Gasteiger partial charge in [-0.1, -0.05) is 45.8 Å². The minimum absolute atomic E-state index is 0.207. The fraction of sp³-hybridized carbons (Fsp3) is 0.786. The molecule has 1 nitrogen and oxygen atoms in total. The van der Waals surface area contributed by atoms with Crippen LogP contribution in [0.15, 0.2) is 12.2 Å². The van der Waals surface area contributed by atoms with E-state index >= 15 is 0 Å². The first-order chi connectivity index (χ1) is 7.18. The Morgan fingerprint density at radius 2 is 1.67 bits per heavy atom. The highest BCUT2D eigenvalue weighted by Crippen LogP contribution is 2.06. The summed E-state index contributed by atoms with van der Waals surface area (Å²) in [7, 11) is 0. The molecule has 0 N–H and O–H groups in total. The number of hydrogen-bond acceptors (Lipinski definition) is 1. The van der Waals surface area contributed by atoms with E-state index in [1.807, 2.05) is 13.8 Å². The van der Waals surface area contributed by atoms with Crippen molar-refractivity contribution in [2.75, 3.05) is 0 Å². The van der Waals surface area contributed by atoms with E-state index in [-0.39, 0.29) is 5.92 Å². The number of rotatable bonds is 9. The van der Waals surface area contributed by atoms with Crippen LogP contribution in [0.2, 0.25) is 0 Å². The third kappa shape index (κ3) is 9.71. The van der Waals surface area contributed by atoms with Gasteiger partial charge in [-0.2, -0.15) is 0 Å². The van der Waals surface area contributed by atoms with Crippen LogP contribution in [0.5, 0.6) is 0 Å². The van der Waals surface area contributed by atoms with Gasteiger partial charge in [0, 0.05) is 12.3 Å². The molecule has 0 aliphatic carbocycles. The Labute approximate surface area is 95.0 Å². The standard InChI is InChI=1S/C14H26O/c1-4-5-6-7-8-9-10-11-12-14(15)13(2)3/h8-9,13H,4-7,10-12H2,1-3H3/b9-8-. The van der Waals surface area contributed by atoms with E-state index < -0.39 is 0 Å². The minimum Gasteiger partial charge on any atom is -0.299 e. The van der Waals surface area contributed by atoms with Gasteiger partial charge in [0.1, 0.15) is 5.78 Å². The highest BCUT2D eigenvalue weighted by molar-refractivity contribution is 5.80. The summed E-state index contributed by atoms with van der Waals surface area (Å²) in [6.45, 7) is 6.17. The van der Waals surface area contributed by atoms with Gasteiger partial charge >= 0.3 is 0 Å². The first-order valence-electron chi connectivity index (χ1n) is 6.36. The molecule has 0 aromatic carbocycles. The Hall–Kier alpha value is -0.590. The summed E-state index contributed by atoms with van der Waals surface area (Å²) >= 11 is 0. The maximum absolute atomic E-state index is 11.3. The second-order valence-corrected chi connectivity index (χ2v) is 4.48. The number of ketones is 1. The summed E-state index contributed by atoms with van der Waals surface area (Å²) in [5.74, 6) is 0.605. The van der Waals surface area contributed by atoms with E-state index in [0.717, 1.165) is 19.3 Å². The van der Waals surface area contributed by atoms with E-state index in [4.69, 9.17) is 0 Å². The van der Waals surface area contributed by atoms with Gasteiger partial charge in [0.2, 0.25) is 0 Å². The number of carbonyl (C=O) groups excluding carboxylic acids is 1. The SMILES string of the molecule is CCCCC/C=C\CCCC(=O)C(C)C. The van der Waals surface area contributed by atoms with Gasteiger partial charge in [-0.05, 0) is 25.7 Å². The Bertz CT molecular complexity index is 180. The van der Waals surface area contributed by atoms with Crippen molar-refractivity contribution in [2.24, 2.45) is 5.92 Å². The Morgan fingerprint density at radius 1 is 1.07 bits per heavy atom. The molecular formula is C14H26O. The number of hydrogen-bond donors (Lipinski definition) is 0. The first kappa shape index (κ1) is 14.4. The Kier molecular flexibility index (Phi) is 9.55. The molecule has 0 spiro atoms. The lowest BCUT2D eigenvalue weighted by Gasteiger charge is -2.01. The molecule has 1 heteroatoms. The second kappa shape index (κ2) is 9.95. The van der Waals surface area contributed by atoms with Crippen LogP contribution in [0.3, 0.4) is 0 Å². The molecule has 0 aliphatic rings. The van der Waals surface area contributed by atoms with Gasteiger partial charge in [0.25, 0.3) is 0 Å². The minimum atomic E-state index is 0.207. The third-order valence-corrected chi connectivity index (χ3v) is 2.58. The van der Waals surface area contributed by atoms with Gasteiger partial charge < -0.3 is 0 Å². The number of Topliss-reactive ketones (excluding diaryl/α,β-unsaturated/α-hetero) is 1. The lowest BCUT2D eigenvalue weighted by Crippen LogP contribution is -2.05. The Balaban J connectivity index is 3.27. The van der Waals surface area contributed by atoms with Crippen molar-refractivity contribution in [1.82, 2.24) is 0 Å². The monoisotopic (exact) mass is 210 g/mol. The van der Waals surface area contributed by atoms with E-state index in [9.17, 15) is 4.79 Å². The van der Waals surface area contributed by atoms with Gasteiger partial charge in [-0.15, -0.1) is 0 Å². The average Bonchev–Trinajstić information content (AvgIpc) is 2.21. The molecule has 0 unspecified atom stereocenters. The molecule has 0 atom stereocenters. The van der Waals surface area contributed by atoms with Crippen LogP contribution in [-0.4, -0.2) is 5.78 Å². The quantitative estimate of drug-likeness (QED) is 0.404. The molecule has 0 bridgehead atoms. The topological polar surface area (TPSA) is 17.1 Å². The van der Waals surface area contributed by atoms with Crippen LogP contribution in [0.4, 0.5) is 0 Å². The number of unbranched alkanes of at least 4 members (excludes halogenated alkanes) is 4. The molecule has 15 heavy (non-hydrogen) atoms. The fourth-order valence-electron chi connectivity index (χ4n) is 1.43. The van der Waals surface area contributed by atoms with Crippen LogP contribution in [0.25, 0.3) is 0 Å². The molecule has 0 aromatic heterocycles. The smallest absolute Gasteiger partial charge is 0.135 e. The fourth-order valence-corrected chi connectivity index (χ4v) is 1.43. The first-order valence-corrected chi connectivity index (χ1v) is 6.36. The summed E-state index contributed by atoms with van der Waals surface area (Å²) in [4.78, 5) is 11.3. The van der Waals surface area contributed by atoms with Crippen LogP contribution >= 0.6 is 0 Å².